The maximum absolute atomic E-state index is 4.83. The van der Waals surface area contributed by atoms with Crippen LogP contribution in [0.1, 0.15) is 63.4 Å². The van der Waals surface area contributed by atoms with E-state index in [0.29, 0.717) is 5.92 Å². The average molecular weight is 358 g/mol. The summed E-state index contributed by atoms with van der Waals surface area (Å²) in [5, 5.41) is 4.43. The van der Waals surface area contributed by atoms with Crippen LogP contribution in [0.4, 0.5) is 0 Å². The Labute approximate surface area is 161 Å². The smallest absolute Gasteiger partial charge is 0.171 e. The molecule has 0 aliphatic heterocycles. The van der Waals surface area contributed by atoms with Crippen molar-refractivity contribution in [2.24, 2.45) is 5.92 Å². The first-order valence-electron chi connectivity index (χ1n) is 10.3. The van der Waals surface area contributed by atoms with Crippen molar-refractivity contribution in [2.45, 2.75) is 57.8 Å². The molecule has 0 unspecified atom stereocenters. The van der Waals surface area contributed by atoms with E-state index >= 15 is 0 Å². The lowest BCUT2D eigenvalue weighted by Crippen LogP contribution is -2.00. The maximum atomic E-state index is 4.83. The van der Waals surface area contributed by atoms with Gasteiger partial charge in [0.2, 0.25) is 0 Å². The summed E-state index contributed by atoms with van der Waals surface area (Å²) in [6, 6.07) is 12.3. The van der Waals surface area contributed by atoms with Gasteiger partial charge in [0.25, 0.3) is 0 Å². The van der Waals surface area contributed by atoms with Crippen molar-refractivity contribution >= 4 is 5.65 Å². The van der Waals surface area contributed by atoms with Gasteiger partial charge in [-0.2, -0.15) is 5.10 Å². The Morgan fingerprint density at radius 2 is 1.56 bits per heavy atom. The molecule has 0 radical (unpaired) electrons. The molecule has 27 heavy (non-hydrogen) atoms. The number of aromatic nitrogens is 3. The Morgan fingerprint density at radius 1 is 0.852 bits per heavy atom. The quantitative estimate of drug-likeness (QED) is 0.508. The minimum Gasteiger partial charge on any atom is -0.227 e. The average Bonchev–Trinajstić information content (AvgIpc) is 3.13. The number of hydrogen-bond acceptors (Lipinski definition) is 2. The second-order valence-corrected chi connectivity index (χ2v) is 7.52. The number of hydrogen-bond donors (Lipinski definition) is 0. The van der Waals surface area contributed by atoms with Gasteiger partial charge in [-0.1, -0.05) is 87.1 Å². The summed E-state index contributed by atoms with van der Waals surface area (Å²) in [6.45, 7) is 0. The second-order valence-electron chi connectivity index (χ2n) is 7.52. The minimum atomic E-state index is 0.510. The molecule has 0 saturated heterocycles. The van der Waals surface area contributed by atoms with Gasteiger partial charge in [-0.25, -0.2) is 9.50 Å². The van der Waals surface area contributed by atoms with Crippen LogP contribution in [0.3, 0.4) is 0 Å². The Bertz CT molecular complexity index is 920. The van der Waals surface area contributed by atoms with Crippen molar-refractivity contribution in [1.29, 1.82) is 0 Å². The Morgan fingerprint density at radius 3 is 2.30 bits per heavy atom. The van der Waals surface area contributed by atoms with E-state index in [1.807, 2.05) is 41.2 Å². The summed E-state index contributed by atoms with van der Waals surface area (Å²) in [6.07, 6.45) is 15.8. The van der Waals surface area contributed by atoms with Gasteiger partial charge < -0.3 is 0 Å². The fraction of sp³-hybridized carbons (Fsp3) is 0.417. The standard InChI is InChI=1S/C24H27N3/c1-2-4-7-11-20(12-8-5-3-1)15-16-22-19-25-27-18-17-23(26-24(22)27)21-13-9-6-10-14-21/h6,9-10,13-14,17-20H,1-5,7-8,11-12H2. The van der Waals surface area contributed by atoms with Crippen LogP contribution in [0.25, 0.3) is 16.9 Å². The Kier molecular flexibility index (Phi) is 5.84. The lowest BCUT2D eigenvalue weighted by atomic mass is 9.92. The van der Waals surface area contributed by atoms with E-state index in [9.17, 15) is 0 Å². The predicted octanol–water partition coefficient (Wildman–Crippen LogP) is 5.89. The van der Waals surface area contributed by atoms with Crippen LogP contribution in [0.15, 0.2) is 48.8 Å². The summed E-state index contributed by atoms with van der Waals surface area (Å²) in [5.74, 6) is 7.46. The molecule has 4 rings (SSSR count). The molecule has 2 aromatic heterocycles. The zero-order valence-electron chi connectivity index (χ0n) is 15.9. The fourth-order valence-electron chi connectivity index (χ4n) is 3.86. The zero-order valence-corrected chi connectivity index (χ0v) is 15.9. The number of benzene rings is 1. The van der Waals surface area contributed by atoms with Gasteiger partial charge in [0, 0.05) is 17.7 Å². The number of nitrogens with zero attached hydrogens (tertiary/aromatic N) is 3. The molecule has 1 aliphatic rings. The molecular weight excluding hydrogens is 330 g/mol. The summed E-state index contributed by atoms with van der Waals surface area (Å²) in [7, 11) is 0. The highest BCUT2D eigenvalue weighted by molar-refractivity contribution is 5.64. The summed E-state index contributed by atoms with van der Waals surface area (Å²) < 4.78 is 1.82. The molecular formula is C24H27N3. The van der Waals surface area contributed by atoms with Crippen molar-refractivity contribution in [1.82, 2.24) is 14.6 Å². The molecule has 3 aromatic rings. The molecule has 1 aliphatic carbocycles. The second kappa shape index (κ2) is 8.86. The van der Waals surface area contributed by atoms with Crippen molar-refractivity contribution in [2.75, 3.05) is 0 Å². The van der Waals surface area contributed by atoms with Crippen LogP contribution in [0.2, 0.25) is 0 Å². The van der Waals surface area contributed by atoms with Crippen molar-refractivity contribution in [3.8, 4) is 23.1 Å². The predicted molar refractivity (Wildman–Crippen MR) is 110 cm³/mol. The summed E-state index contributed by atoms with van der Waals surface area (Å²) in [5.41, 5.74) is 3.87. The topological polar surface area (TPSA) is 30.2 Å². The lowest BCUT2D eigenvalue weighted by molar-refractivity contribution is 0.453. The molecule has 0 atom stereocenters. The molecule has 0 bridgehead atoms. The van der Waals surface area contributed by atoms with Crippen LogP contribution < -0.4 is 0 Å². The third-order valence-corrected chi connectivity index (χ3v) is 5.45. The normalized spacial score (nSPS) is 16.6. The van der Waals surface area contributed by atoms with Gasteiger partial charge in [0.1, 0.15) is 0 Å². The molecule has 0 N–H and O–H groups in total. The molecule has 2 heterocycles. The van der Waals surface area contributed by atoms with Gasteiger partial charge >= 0.3 is 0 Å². The molecule has 0 amide bonds. The van der Waals surface area contributed by atoms with Crippen molar-refractivity contribution < 1.29 is 0 Å². The van der Waals surface area contributed by atoms with E-state index in [-0.39, 0.29) is 0 Å². The molecule has 138 valence electrons. The highest BCUT2D eigenvalue weighted by Gasteiger charge is 2.09. The van der Waals surface area contributed by atoms with Gasteiger partial charge in [-0.15, -0.1) is 0 Å². The molecule has 1 fully saturated rings. The summed E-state index contributed by atoms with van der Waals surface area (Å²) >= 11 is 0. The first kappa shape index (κ1) is 17.8. The Hall–Kier alpha value is -2.60. The highest BCUT2D eigenvalue weighted by atomic mass is 15.2. The lowest BCUT2D eigenvalue weighted by Gasteiger charge is -2.12. The first-order chi connectivity index (χ1) is 13.4. The molecule has 3 nitrogen and oxygen atoms in total. The number of rotatable bonds is 1. The third kappa shape index (κ3) is 4.57. The molecule has 0 spiro atoms. The van der Waals surface area contributed by atoms with Gasteiger partial charge in [0.05, 0.1) is 17.5 Å². The van der Waals surface area contributed by atoms with Gasteiger partial charge in [0.15, 0.2) is 5.65 Å². The SMILES string of the molecule is C(#CC1CCCCCCCCC1)c1cnn2ccc(-c3ccccc3)nc12. The van der Waals surface area contributed by atoms with Crippen LogP contribution in [-0.4, -0.2) is 14.6 Å². The van der Waals surface area contributed by atoms with Crippen molar-refractivity contribution in [3.05, 3.63) is 54.4 Å². The number of fused-ring (bicyclic) bond motifs is 1. The van der Waals surface area contributed by atoms with Gasteiger partial charge in [-0.05, 0) is 18.9 Å². The van der Waals surface area contributed by atoms with Crippen LogP contribution in [0.5, 0.6) is 0 Å². The highest BCUT2D eigenvalue weighted by Crippen LogP contribution is 2.22. The summed E-state index contributed by atoms with van der Waals surface area (Å²) in [4.78, 5) is 4.83. The maximum Gasteiger partial charge on any atom is 0.171 e. The molecule has 3 heteroatoms. The van der Waals surface area contributed by atoms with E-state index in [1.165, 1.54) is 57.8 Å². The third-order valence-electron chi connectivity index (χ3n) is 5.45. The zero-order chi connectivity index (χ0) is 18.3. The van der Waals surface area contributed by atoms with Gasteiger partial charge in [-0.3, -0.25) is 0 Å². The van der Waals surface area contributed by atoms with Crippen molar-refractivity contribution in [3.63, 3.8) is 0 Å². The monoisotopic (exact) mass is 357 g/mol. The van der Waals surface area contributed by atoms with E-state index in [0.717, 1.165) is 22.5 Å². The largest absolute Gasteiger partial charge is 0.227 e. The van der Waals surface area contributed by atoms with Crippen LogP contribution >= 0.6 is 0 Å². The van der Waals surface area contributed by atoms with E-state index < -0.39 is 0 Å². The van der Waals surface area contributed by atoms with E-state index in [1.54, 1.807) is 0 Å². The van der Waals surface area contributed by atoms with E-state index in [2.05, 4.69) is 29.1 Å². The van der Waals surface area contributed by atoms with Crippen LogP contribution in [0, 0.1) is 17.8 Å². The fourth-order valence-corrected chi connectivity index (χ4v) is 3.86. The first-order valence-corrected chi connectivity index (χ1v) is 10.3. The van der Waals surface area contributed by atoms with E-state index in [4.69, 9.17) is 4.98 Å². The minimum absolute atomic E-state index is 0.510. The molecule has 1 aromatic carbocycles. The van der Waals surface area contributed by atoms with Crippen LogP contribution in [-0.2, 0) is 0 Å². The molecule has 1 saturated carbocycles. The Balaban J connectivity index is 1.57.